The Labute approximate surface area is 258 Å². The first kappa shape index (κ1) is 29.5. The molecule has 0 spiro atoms. The zero-order chi connectivity index (χ0) is 27.6. The Hall–Kier alpha value is -1.44. The molecule has 0 aliphatic rings. The molecule has 0 atom stereocenters. The molecule has 9 heteroatoms. The lowest BCUT2D eigenvalue weighted by Crippen LogP contribution is -2.19. The van der Waals surface area contributed by atoms with Crippen LogP contribution in [0.4, 0.5) is 0 Å². The molecule has 0 saturated heterocycles. The largest absolute Gasteiger partial charge is 0.505 e. The van der Waals surface area contributed by atoms with Gasteiger partial charge in [-0.25, -0.2) is 0 Å². The summed E-state index contributed by atoms with van der Waals surface area (Å²) in [5, 5.41) is 13.1. The van der Waals surface area contributed by atoms with Crippen LogP contribution in [0, 0.1) is 0 Å². The van der Waals surface area contributed by atoms with Crippen molar-refractivity contribution in [1.29, 1.82) is 0 Å². The van der Waals surface area contributed by atoms with E-state index in [-0.39, 0.29) is 15.8 Å². The van der Waals surface area contributed by atoms with E-state index in [0.29, 0.717) is 28.8 Å². The third kappa shape index (κ3) is 6.47. The lowest BCUT2D eigenvalue weighted by molar-refractivity contribution is 0.322. The SMILES string of the molecule is CC(C)(c1cc(Cl)c(O)c(Cl)c1)c1cc(Cl)c(OCCc2ccc(/C(S)=C(/S)c3cccs3)cc2)c(Cl)c1. The molecule has 2 nitrogen and oxygen atoms in total. The van der Waals surface area contributed by atoms with Crippen molar-refractivity contribution in [2.75, 3.05) is 6.61 Å². The first-order valence-electron chi connectivity index (χ1n) is 11.5. The van der Waals surface area contributed by atoms with Crippen LogP contribution in [0.5, 0.6) is 11.5 Å². The Balaban J connectivity index is 1.45. The average molecular weight is 643 g/mol. The summed E-state index contributed by atoms with van der Waals surface area (Å²) in [5.74, 6) is 0.289. The predicted octanol–water partition coefficient (Wildman–Crippen LogP) is 10.7. The molecule has 0 fully saturated rings. The lowest BCUT2D eigenvalue weighted by atomic mass is 9.78. The molecule has 1 N–H and O–H groups in total. The first-order chi connectivity index (χ1) is 18.0. The number of phenolic OH excluding ortho intramolecular Hbond substituents is 1. The molecule has 0 saturated carbocycles. The minimum absolute atomic E-state index is 0.144. The van der Waals surface area contributed by atoms with Crippen molar-refractivity contribution in [2.24, 2.45) is 0 Å². The molecular weight excluding hydrogens is 618 g/mol. The summed E-state index contributed by atoms with van der Waals surface area (Å²) < 4.78 is 5.99. The number of hydrogen-bond acceptors (Lipinski definition) is 5. The molecule has 3 aromatic carbocycles. The van der Waals surface area contributed by atoms with Gasteiger partial charge in [0.25, 0.3) is 0 Å². The maximum absolute atomic E-state index is 9.92. The van der Waals surface area contributed by atoms with Crippen molar-refractivity contribution >= 4 is 92.8 Å². The van der Waals surface area contributed by atoms with E-state index >= 15 is 0 Å². The highest BCUT2D eigenvalue weighted by molar-refractivity contribution is 7.96. The minimum atomic E-state index is -0.537. The van der Waals surface area contributed by atoms with Crippen molar-refractivity contribution in [3.05, 3.63) is 113 Å². The Kier molecular flexibility index (Phi) is 9.63. The van der Waals surface area contributed by atoms with Gasteiger partial charge in [-0.05, 0) is 58.0 Å². The van der Waals surface area contributed by atoms with E-state index < -0.39 is 5.41 Å². The van der Waals surface area contributed by atoms with Crippen LogP contribution in [0.2, 0.25) is 20.1 Å². The second-order valence-electron chi connectivity index (χ2n) is 9.15. The summed E-state index contributed by atoms with van der Waals surface area (Å²) >= 11 is 36.5. The molecule has 0 aliphatic carbocycles. The molecule has 0 aliphatic heterocycles. The van der Waals surface area contributed by atoms with Crippen LogP contribution in [0.1, 0.15) is 41.0 Å². The van der Waals surface area contributed by atoms with E-state index in [2.05, 4.69) is 25.3 Å². The van der Waals surface area contributed by atoms with Crippen LogP contribution < -0.4 is 4.74 Å². The summed E-state index contributed by atoms with van der Waals surface area (Å²) in [4.78, 5) is 2.76. The first-order valence-corrected chi connectivity index (χ1v) is 14.8. The van der Waals surface area contributed by atoms with Gasteiger partial charge in [-0.1, -0.05) is 90.6 Å². The number of aromatic hydroxyl groups is 1. The highest BCUT2D eigenvalue weighted by Crippen LogP contribution is 2.43. The Morgan fingerprint density at radius 2 is 1.39 bits per heavy atom. The average Bonchev–Trinajstić information content (AvgIpc) is 3.43. The topological polar surface area (TPSA) is 29.5 Å². The van der Waals surface area contributed by atoms with Crippen LogP contribution in [-0.2, 0) is 11.8 Å². The van der Waals surface area contributed by atoms with Gasteiger partial charge in [0.05, 0.1) is 26.7 Å². The van der Waals surface area contributed by atoms with E-state index in [0.717, 1.165) is 36.9 Å². The molecule has 0 unspecified atom stereocenters. The molecular formula is C29H24Cl4O2S3. The van der Waals surface area contributed by atoms with Crippen molar-refractivity contribution in [1.82, 2.24) is 0 Å². The van der Waals surface area contributed by atoms with E-state index in [4.69, 9.17) is 51.1 Å². The Morgan fingerprint density at radius 3 is 1.92 bits per heavy atom. The number of thiol groups is 2. The maximum Gasteiger partial charge on any atom is 0.156 e. The van der Waals surface area contributed by atoms with Crippen LogP contribution >= 0.6 is 83.0 Å². The normalized spacial score (nSPS) is 12.4. The monoisotopic (exact) mass is 640 g/mol. The lowest BCUT2D eigenvalue weighted by Gasteiger charge is -2.28. The van der Waals surface area contributed by atoms with Crippen LogP contribution in [0.3, 0.4) is 0 Å². The molecule has 4 rings (SSSR count). The van der Waals surface area contributed by atoms with Gasteiger partial charge in [0.15, 0.2) is 11.5 Å². The van der Waals surface area contributed by atoms with Crippen molar-refractivity contribution in [3.63, 3.8) is 0 Å². The zero-order valence-electron chi connectivity index (χ0n) is 20.4. The van der Waals surface area contributed by atoms with E-state index in [1.165, 1.54) is 0 Å². The van der Waals surface area contributed by atoms with Crippen LogP contribution in [0.25, 0.3) is 9.81 Å². The molecule has 0 bridgehead atoms. The Bertz CT molecular complexity index is 1430. The number of thiophene rings is 1. The van der Waals surface area contributed by atoms with Gasteiger partial charge in [0.1, 0.15) is 0 Å². The van der Waals surface area contributed by atoms with Gasteiger partial charge in [-0.3, -0.25) is 0 Å². The van der Waals surface area contributed by atoms with Crippen molar-refractivity contribution in [3.8, 4) is 11.5 Å². The number of phenols is 1. The number of ether oxygens (including phenoxy) is 1. The van der Waals surface area contributed by atoms with Crippen molar-refractivity contribution in [2.45, 2.75) is 25.7 Å². The quantitative estimate of drug-likeness (QED) is 0.167. The summed E-state index contributed by atoms with van der Waals surface area (Å²) in [6.07, 6.45) is 0.676. The highest BCUT2D eigenvalue weighted by atomic mass is 35.5. The molecule has 0 amide bonds. The molecule has 38 heavy (non-hydrogen) atoms. The van der Waals surface area contributed by atoms with Gasteiger partial charge in [-0.15, -0.1) is 36.6 Å². The zero-order valence-corrected chi connectivity index (χ0v) is 26.1. The number of rotatable bonds is 8. The fourth-order valence-corrected chi connectivity index (χ4v) is 6.38. The number of halogens is 4. The third-order valence-corrected chi connectivity index (χ3v) is 9.60. The van der Waals surface area contributed by atoms with E-state index in [9.17, 15) is 5.11 Å². The minimum Gasteiger partial charge on any atom is -0.505 e. The van der Waals surface area contributed by atoms with E-state index in [1.54, 1.807) is 23.5 Å². The fraction of sp³-hybridized carbons (Fsp3) is 0.172. The van der Waals surface area contributed by atoms with Gasteiger partial charge in [0, 0.05) is 26.5 Å². The third-order valence-electron chi connectivity index (χ3n) is 6.30. The predicted molar refractivity (Wildman–Crippen MR) is 171 cm³/mol. The molecule has 1 aromatic heterocycles. The molecule has 0 radical (unpaired) electrons. The van der Waals surface area contributed by atoms with Gasteiger partial charge in [-0.2, -0.15) is 0 Å². The molecule has 1 heterocycles. The van der Waals surface area contributed by atoms with Crippen LogP contribution in [-0.4, -0.2) is 11.7 Å². The summed E-state index contributed by atoms with van der Waals surface area (Å²) in [5.41, 5.74) is 3.24. The number of hydrogen-bond donors (Lipinski definition) is 3. The van der Waals surface area contributed by atoms with Crippen LogP contribution in [0.15, 0.2) is 66.0 Å². The van der Waals surface area contributed by atoms with E-state index in [1.807, 2.05) is 67.8 Å². The van der Waals surface area contributed by atoms with Gasteiger partial charge < -0.3 is 9.84 Å². The summed E-state index contributed by atoms with van der Waals surface area (Å²) in [7, 11) is 0. The second kappa shape index (κ2) is 12.4. The van der Waals surface area contributed by atoms with Crippen molar-refractivity contribution < 1.29 is 9.84 Å². The highest BCUT2D eigenvalue weighted by Gasteiger charge is 2.27. The smallest absolute Gasteiger partial charge is 0.156 e. The Morgan fingerprint density at radius 1 is 0.842 bits per heavy atom. The second-order valence-corrected chi connectivity index (χ2v) is 12.6. The number of benzene rings is 3. The maximum atomic E-state index is 9.92. The van der Waals surface area contributed by atoms with Gasteiger partial charge in [0.2, 0.25) is 0 Å². The molecule has 4 aromatic rings. The fourth-order valence-electron chi connectivity index (χ4n) is 3.92. The summed E-state index contributed by atoms with van der Waals surface area (Å²) in [6.45, 7) is 4.41. The van der Waals surface area contributed by atoms with Gasteiger partial charge >= 0.3 is 0 Å². The summed E-state index contributed by atoms with van der Waals surface area (Å²) in [6, 6.07) is 19.2. The molecule has 198 valence electrons. The standard InChI is InChI=1S/C29H24Cl4O2S3/c1-29(2,18-12-20(30)25(34)21(31)13-18)19-14-22(32)26(23(33)15-19)35-10-9-16-5-7-17(8-6-16)27(36)28(37)24-4-3-11-38-24/h3-8,11-15,34,36-37H,9-10H2,1-2H3/b28-27-.